The van der Waals surface area contributed by atoms with Gasteiger partial charge in [-0.25, -0.2) is 4.39 Å². The molecule has 2 nitrogen and oxygen atoms in total. The summed E-state index contributed by atoms with van der Waals surface area (Å²) in [6.07, 6.45) is 5.94. The Kier molecular flexibility index (Phi) is 3.79. The first kappa shape index (κ1) is 12.5. The van der Waals surface area contributed by atoms with Gasteiger partial charge >= 0.3 is 0 Å². The van der Waals surface area contributed by atoms with E-state index >= 15 is 0 Å². The number of nitrogens with two attached hydrogens (primary N) is 1. The molecular weight excluding hydrogens is 215 g/mol. The summed E-state index contributed by atoms with van der Waals surface area (Å²) in [4.78, 5) is 0. The third kappa shape index (κ3) is 2.35. The van der Waals surface area contributed by atoms with Crippen LogP contribution in [-0.4, -0.2) is 0 Å². The molecule has 17 heavy (non-hydrogen) atoms. The largest absolute Gasteiger partial charge is 0.271 e. The van der Waals surface area contributed by atoms with Gasteiger partial charge in [-0.05, 0) is 42.4 Å². The second-order valence-electron chi connectivity index (χ2n) is 5.08. The van der Waals surface area contributed by atoms with Crippen LogP contribution in [0.25, 0.3) is 0 Å². The number of hydrazine groups is 1. The Labute approximate surface area is 102 Å². The lowest BCUT2D eigenvalue weighted by molar-refractivity contribution is 0.187. The molecule has 1 saturated carbocycles. The maximum absolute atomic E-state index is 13.3. The molecule has 1 aliphatic carbocycles. The van der Waals surface area contributed by atoms with E-state index in [0.717, 1.165) is 12.0 Å². The van der Waals surface area contributed by atoms with Gasteiger partial charge in [0.15, 0.2) is 0 Å². The van der Waals surface area contributed by atoms with Gasteiger partial charge in [0.05, 0.1) is 6.04 Å². The smallest absolute Gasteiger partial charge is 0.123 e. The van der Waals surface area contributed by atoms with Crippen molar-refractivity contribution >= 4 is 0 Å². The number of benzene rings is 1. The first-order chi connectivity index (χ1) is 8.22. The lowest BCUT2D eigenvalue weighted by Gasteiger charge is -2.36. The molecule has 3 N–H and O–H groups in total. The fourth-order valence-corrected chi connectivity index (χ4v) is 3.24. The Bertz CT molecular complexity index is 372. The van der Waals surface area contributed by atoms with Crippen molar-refractivity contribution in [3.05, 3.63) is 35.6 Å². The molecular formula is C14H21FN2. The van der Waals surface area contributed by atoms with E-state index in [9.17, 15) is 4.39 Å². The Morgan fingerprint density at radius 3 is 2.65 bits per heavy atom. The van der Waals surface area contributed by atoms with Crippen molar-refractivity contribution in [1.29, 1.82) is 0 Å². The summed E-state index contributed by atoms with van der Waals surface area (Å²) in [7, 11) is 0. The van der Waals surface area contributed by atoms with E-state index in [2.05, 4.69) is 12.3 Å². The molecule has 0 saturated heterocycles. The highest BCUT2D eigenvalue weighted by Gasteiger charge is 2.40. The summed E-state index contributed by atoms with van der Waals surface area (Å²) in [5.41, 5.74) is 4.08. The molecule has 0 amide bonds. The highest BCUT2D eigenvalue weighted by Crippen LogP contribution is 2.49. The van der Waals surface area contributed by atoms with Gasteiger partial charge in [-0.1, -0.05) is 31.9 Å². The van der Waals surface area contributed by atoms with Crippen LogP contribution < -0.4 is 11.3 Å². The van der Waals surface area contributed by atoms with Gasteiger partial charge in [-0.15, -0.1) is 0 Å². The molecule has 0 heterocycles. The molecule has 0 spiro atoms. The average molecular weight is 236 g/mol. The molecule has 1 atom stereocenters. The molecule has 0 bridgehead atoms. The van der Waals surface area contributed by atoms with Gasteiger partial charge in [-0.3, -0.25) is 11.3 Å². The Morgan fingerprint density at radius 1 is 1.41 bits per heavy atom. The number of halogens is 1. The zero-order valence-electron chi connectivity index (χ0n) is 10.4. The second-order valence-corrected chi connectivity index (χ2v) is 5.08. The molecule has 0 radical (unpaired) electrons. The number of nitrogens with one attached hydrogen (secondary N) is 1. The Hall–Kier alpha value is -0.930. The summed E-state index contributed by atoms with van der Waals surface area (Å²) < 4.78 is 13.3. The minimum Gasteiger partial charge on any atom is -0.271 e. The third-order valence-electron chi connectivity index (χ3n) is 4.26. The normalized spacial score (nSPS) is 20.4. The van der Waals surface area contributed by atoms with Crippen LogP contribution in [0.1, 0.15) is 50.6 Å². The van der Waals surface area contributed by atoms with Crippen molar-refractivity contribution in [3.63, 3.8) is 0 Å². The molecule has 0 aromatic heterocycles. The molecule has 1 aliphatic rings. The zero-order valence-corrected chi connectivity index (χ0v) is 10.4. The summed E-state index contributed by atoms with van der Waals surface area (Å²) in [6, 6.07) is 6.85. The van der Waals surface area contributed by atoms with E-state index in [0.29, 0.717) is 0 Å². The van der Waals surface area contributed by atoms with Gasteiger partial charge in [-0.2, -0.15) is 0 Å². The summed E-state index contributed by atoms with van der Waals surface area (Å²) in [5, 5.41) is 0. The van der Waals surface area contributed by atoms with E-state index < -0.39 is 0 Å². The quantitative estimate of drug-likeness (QED) is 0.622. The van der Waals surface area contributed by atoms with Crippen LogP contribution in [0.4, 0.5) is 4.39 Å². The Balaban J connectivity index is 2.32. The minimum atomic E-state index is -0.188. The lowest BCUT2D eigenvalue weighted by atomic mass is 9.74. The van der Waals surface area contributed by atoms with Crippen molar-refractivity contribution < 1.29 is 4.39 Å². The highest BCUT2D eigenvalue weighted by atomic mass is 19.1. The standard InChI is InChI=1S/C14H21FN2/c1-2-14(8-3-4-9-14)13(17-16)11-6-5-7-12(15)10-11/h5-7,10,13,17H,2-4,8-9,16H2,1H3. The fraction of sp³-hybridized carbons (Fsp3) is 0.571. The molecule has 94 valence electrons. The molecule has 0 aliphatic heterocycles. The van der Waals surface area contributed by atoms with Crippen molar-refractivity contribution in [1.82, 2.24) is 5.43 Å². The van der Waals surface area contributed by atoms with Crippen molar-refractivity contribution in [2.75, 3.05) is 0 Å². The molecule has 1 aromatic rings. The minimum absolute atomic E-state index is 0.0608. The van der Waals surface area contributed by atoms with Crippen molar-refractivity contribution in [2.24, 2.45) is 11.3 Å². The average Bonchev–Trinajstić information content (AvgIpc) is 2.80. The maximum Gasteiger partial charge on any atom is 0.123 e. The van der Waals surface area contributed by atoms with E-state index in [4.69, 9.17) is 5.84 Å². The van der Waals surface area contributed by atoms with Crippen LogP contribution in [-0.2, 0) is 0 Å². The van der Waals surface area contributed by atoms with E-state index in [1.54, 1.807) is 12.1 Å². The lowest BCUT2D eigenvalue weighted by Crippen LogP contribution is -2.40. The van der Waals surface area contributed by atoms with Gasteiger partial charge < -0.3 is 0 Å². The van der Waals surface area contributed by atoms with Crippen LogP contribution in [0.15, 0.2) is 24.3 Å². The van der Waals surface area contributed by atoms with Crippen molar-refractivity contribution in [2.45, 2.75) is 45.1 Å². The number of rotatable bonds is 4. The summed E-state index contributed by atoms with van der Waals surface area (Å²) in [5.74, 6) is 5.54. The zero-order chi connectivity index (χ0) is 12.3. The molecule has 1 unspecified atom stereocenters. The molecule has 1 fully saturated rings. The van der Waals surface area contributed by atoms with Gasteiger partial charge in [0, 0.05) is 0 Å². The first-order valence-electron chi connectivity index (χ1n) is 6.43. The van der Waals surface area contributed by atoms with Gasteiger partial charge in [0.25, 0.3) is 0 Å². The molecule has 1 aromatic carbocycles. The van der Waals surface area contributed by atoms with Gasteiger partial charge in [0.2, 0.25) is 0 Å². The van der Waals surface area contributed by atoms with Crippen LogP contribution in [0.5, 0.6) is 0 Å². The number of hydrogen-bond acceptors (Lipinski definition) is 2. The van der Waals surface area contributed by atoms with Crippen LogP contribution in [0, 0.1) is 11.2 Å². The third-order valence-corrected chi connectivity index (χ3v) is 4.26. The van der Waals surface area contributed by atoms with E-state index in [-0.39, 0.29) is 17.3 Å². The van der Waals surface area contributed by atoms with Crippen LogP contribution in [0.2, 0.25) is 0 Å². The van der Waals surface area contributed by atoms with E-state index in [1.807, 2.05) is 6.07 Å². The predicted molar refractivity (Wildman–Crippen MR) is 67.7 cm³/mol. The molecule has 3 heteroatoms. The second kappa shape index (κ2) is 5.15. The maximum atomic E-state index is 13.3. The predicted octanol–water partition coefficient (Wildman–Crippen LogP) is 3.30. The van der Waals surface area contributed by atoms with Gasteiger partial charge in [0.1, 0.15) is 5.82 Å². The first-order valence-corrected chi connectivity index (χ1v) is 6.43. The van der Waals surface area contributed by atoms with Crippen LogP contribution >= 0.6 is 0 Å². The van der Waals surface area contributed by atoms with Crippen LogP contribution in [0.3, 0.4) is 0 Å². The summed E-state index contributed by atoms with van der Waals surface area (Å²) in [6.45, 7) is 2.20. The summed E-state index contributed by atoms with van der Waals surface area (Å²) >= 11 is 0. The SMILES string of the molecule is CCC1(C(NN)c2cccc(F)c2)CCCC1. The molecule has 2 rings (SSSR count). The van der Waals surface area contributed by atoms with E-state index in [1.165, 1.54) is 31.7 Å². The monoisotopic (exact) mass is 236 g/mol. The highest BCUT2D eigenvalue weighted by molar-refractivity contribution is 5.23. The Morgan fingerprint density at radius 2 is 2.12 bits per heavy atom. The number of hydrogen-bond donors (Lipinski definition) is 2. The van der Waals surface area contributed by atoms with Crippen molar-refractivity contribution in [3.8, 4) is 0 Å². The fourth-order valence-electron chi connectivity index (χ4n) is 3.24. The topological polar surface area (TPSA) is 38.0 Å².